The van der Waals surface area contributed by atoms with E-state index in [4.69, 9.17) is 5.11 Å². The standard InChI is InChI=1S/C12H20N4O4/c1-12(20,6-10(17)18)8-14-11(19)16(3)7-9-13-4-5-15(9)2/h4-5,20H,6-8H2,1-3H3,(H,14,19)(H,17,18). The zero-order chi connectivity index (χ0) is 15.3. The summed E-state index contributed by atoms with van der Waals surface area (Å²) in [4.78, 5) is 27.9. The van der Waals surface area contributed by atoms with Crippen LogP contribution in [0.1, 0.15) is 19.2 Å². The molecule has 0 saturated carbocycles. The van der Waals surface area contributed by atoms with Crippen LogP contribution in [0.15, 0.2) is 12.4 Å². The van der Waals surface area contributed by atoms with Crippen LogP contribution in [0.2, 0.25) is 0 Å². The fraction of sp³-hybridized carbons (Fsp3) is 0.583. The van der Waals surface area contributed by atoms with Crippen molar-refractivity contribution in [3.8, 4) is 0 Å². The average Bonchev–Trinajstić information content (AvgIpc) is 2.70. The molecule has 1 atom stereocenters. The van der Waals surface area contributed by atoms with Crippen molar-refractivity contribution in [1.82, 2.24) is 19.8 Å². The van der Waals surface area contributed by atoms with Crippen molar-refractivity contribution in [2.45, 2.75) is 25.5 Å². The summed E-state index contributed by atoms with van der Waals surface area (Å²) in [6, 6.07) is -0.404. The summed E-state index contributed by atoms with van der Waals surface area (Å²) in [6.45, 7) is 1.54. The highest BCUT2D eigenvalue weighted by Crippen LogP contribution is 2.08. The minimum absolute atomic E-state index is 0.136. The van der Waals surface area contributed by atoms with Gasteiger partial charge in [0.25, 0.3) is 0 Å². The number of imidazole rings is 1. The summed E-state index contributed by atoms with van der Waals surface area (Å²) >= 11 is 0. The quantitative estimate of drug-likeness (QED) is 0.670. The van der Waals surface area contributed by atoms with Crippen LogP contribution in [0, 0.1) is 0 Å². The molecule has 2 amide bonds. The van der Waals surface area contributed by atoms with Crippen molar-refractivity contribution >= 4 is 12.0 Å². The van der Waals surface area contributed by atoms with E-state index in [0.717, 1.165) is 5.82 Å². The number of hydrogen-bond acceptors (Lipinski definition) is 4. The number of aryl methyl sites for hydroxylation is 1. The Morgan fingerprint density at radius 2 is 2.20 bits per heavy atom. The van der Waals surface area contributed by atoms with Crippen molar-refractivity contribution in [3.63, 3.8) is 0 Å². The van der Waals surface area contributed by atoms with E-state index >= 15 is 0 Å². The first-order valence-corrected chi connectivity index (χ1v) is 6.10. The largest absolute Gasteiger partial charge is 0.481 e. The number of nitrogens with one attached hydrogen (secondary N) is 1. The van der Waals surface area contributed by atoms with Gasteiger partial charge >= 0.3 is 12.0 Å². The van der Waals surface area contributed by atoms with Crippen LogP contribution in [-0.4, -0.2) is 55.9 Å². The number of aliphatic carboxylic acids is 1. The summed E-state index contributed by atoms with van der Waals surface area (Å²) in [7, 11) is 3.42. The molecule has 1 heterocycles. The first-order valence-electron chi connectivity index (χ1n) is 6.10. The Labute approximate surface area is 117 Å². The molecule has 1 aromatic heterocycles. The molecule has 20 heavy (non-hydrogen) atoms. The number of nitrogens with zero attached hydrogens (tertiary/aromatic N) is 3. The van der Waals surface area contributed by atoms with Gasteiger partial charge in [0.1, 0.15) is 5.82 Å². The molecular formula is C12H20N4O4. The Morgan fingerprint density at radius 1 is 1.55 bits per heavy atom. The lowest BCUT2D eigenvalue weighted by Crippen LogP contribution is -2.46. The maximum absolute atomic E-state index is 11.8. The third-order valence-corrected chi connectivity index (χ3v) is 2.80. The molecule has 8 nitrogen and oxygen atoms in total. The third kappa shape index (κ3) is 4.88. The molecule has 0 aliphatic rings. The Hall–Kier alpha value is -2.09. The number of carboxylic acid groups (broad SMARTS) is 1. The van der Waals surface area contributed by atoms with Gasteiger partial charge < -0.3 is 25.0 Å². The van der Waals surface area contributed by atoms with Crippen LogP contribution in [0.4, 0.5) is 4.79 Å². The van der Waals surface area contributed by atoms with Gasteiger partial charge in [-0.25, -0.2) is 9.78 Å². The van der Waals surface area contributed by atoms with Gasteiger partial charge in [-0.15, -0.1) is 0 Å². The van der Waals surface area contributed by atoms with E-state index in [1.807, 2.05) is 7.05 Å². The SMILES string of the molecule is CN(Cc1nccn1C)C(=O)NCC(C)(O)CC(=O)O. The molecule has 1 aromatic rings. The normalized spacial score (nSPS) is 13.6. The van der Waals surface area contributed by atoms with Crippen LogP contribution in [0.5, 0.6) is 0 Å². The first-order chi connectivity index (χ1) is 9.21. The molecule has 1 rings (SSSR count). The van der Waals surface area contributed by atoms with Gasteiger partial charge in [-0.05, 0) is 6.92 Å². The number of carboxylic acids is 1. The lowest BCUT2D eigenvalue weighted by molar-refractivity contribution is -0.141. The molecule has 1 unspecified atom stereocenters. The van der Waals surface area contributed by atoms with E-state index in [0.29, 0.717) is 6.54 Å². The number of carbonyl (C=O) groups excluding carboxylic acids is 1. The highest BCUT2D eigenvalue weighted by atomic mass is 16.4. The van der Waals surface area contributed by atoms with Crippen LogP contribution in [0.3, 0.4) is 0 Å². The van der Waals surface area contributed by atoms with E-state index in [2.05, 4.69) is 10.3 Å². The van der Waals surface area contributed by atoms with Gasteiger partial charge in [-0.2, -0.15) is 0 Å². The van der Waals surface area contributed by atoms with Crippen molar-refractivity contribution in [2.24, 2.45) is 7.05 Å². The van der Waals surface area contributed by atoms with E-state index in [-0.39, 0.29) is 6.54 Å². The number of urea groups is 1. The summed E-state index contributed by atoms with van der Waals surface area (Å²) in [5, 5.41) is 20.9. The zero-order valence-corrected chi connectivity index (χ0v) is 11.8. The zero-order valence-electron chi connectivity index (χ0n) is 11.8. The highest BCUT2D eigenvalue weighted by molar-refractivity contribution is 5.74. The average molecular weight is 284 g/mol. The van der Waals surface area contributed by atoms with E-state index in [1.54, 1.807) is 24.0 Å². The maximum Gasteiger partial charge on any atom is 0.317 e. The van der Waals surface area contributed by atoms with Crippen LogP contribution in [0.25, 0.3) is 0 Å². The summed E-state index contributed by atoms with van der Waals surface area (Å²) in [5.41, 5.74) is -1.48. The number of aliphatic hydroxyl groups is 1. The number of hydrogen-bond donors (Lipinski definition) is 3. The lowest BCUT2D eigenvalue weighted by atomic mass is 10.0. The highest BCUT2D eigenvalue weighted by Gasteiger charge is 2.25. The van der Waals surface area contributed by atoms with Gasteiger partial charge in [0.05, 0.1) is 18.6 Å². The number of amides is 2. The van der Waals surface area contributed by atoms with Gasteiger partial charge in [0.2, 0.25) is 0 Å². The Balaban J connectivity index is 2.46. The van der Waals surface area contributed by atoms with E-state index in [9.17, 15) is 14.7 Å². The number of aromatic nitrogens is 2. The van der Waals surface area contributed by atoms with Crippen molar-refractivity contribution < 1.29 is 19.8 Å². The predicted octanol–water partition coefficient (Wildman–Crippen LogP) is -0.213. The smallest absolute Gasteiger partial charge is 0.317 e. The minimum Gasteiger partial charge on any atom is -0.481 e. The molecule has 8 heteroatoms. The summed E-state index contributed by atoms with van der Waals surface area (Å²) < 4.78 is 1.80. The summed E-state index contributed by atoms with van der Waals surface area (Å²) in [5.74, 6) is -0.398. The molecule has 0 aromatic carbocycles. The molecule has 3 N–H and O–H groups in total. The topological polar surface area (TPSA) is 108 Å². The Bertz CT molecular complexity index is 484. The van der Waals surface area contributed by atoms with Gasteiger partial charge in [0, 0.05) is 33.0 Å². The number of rotatable bonds is 6. The lowest BCUT2D eigenvalue weighted by Gasteiger charge is -2.24. The van der Waals surface area contributed by atoms with Crippen LogP contribution >= 0.6 is 0 Å². The second kappa shape index (κ2) is 6.38. The molecule has 0 radical (unpaired) electrons. The van der Waals surface area contributed by atoms with Crippen molar-refractivity contribution in [1.29, 1.82) is 0 Å². The monoisotopic (exact) mass is 284 g/mol. The van der Waals surface area contributed by atoms with Crippen LogP contribution in [-0.2, 0) is 18.4 Å². The van der Waals surface area contributed by atoms with Gasteiger partial charge in [0.15, 0.2) is 0 Å². The number of carbonyl (C=O) groups is 2. The Morgan fingerprint density at radius 3 is 2.70 bits per heavy atom. The molecule has 112 valence electrons. The first kappa shape index (κ1) is 16.0. The third-order valence-electron chi connectivity index (χ3n) is 2.80. The van der Waals surface area contributed by atoms with E-state index < -0.39 is 24.0 Å². The molecule has 0 fully saturated rings. The minimum atomic E-state index is -1.48. The predicted molar refractivity (Wildman–Crippen MR) is 71.0 cm³/mol. The molecule has 0 aliphatic heterocycles. The van der Waals surface area contributed by atoms with Gasteiger partial charge in [-0.1, -0.05) is 0 Å². The fourth-order valence-electron chi connectivity index (χ4n) is 1.62. The summed E-state index contributed by atoms with van der Waals surface area (Å²) in [6.07, 6.45) is 2.98. The second-order valence-electron chi connectivity index (χ2n) is 5.04. The van der Waals surface area contributed by atoms with Crippen LogP contribution < -0.4 is 5.32 Å². The fourth-order valence-corrected chi connectivity index (χ4v) is 1.62. The molecule has 0 saturated heterocycles. The van der Waals surface area contributed by atoms with Crippen molar-refractivity contribution in [2.75, 3.05) is 13.6 Å². The van der Waals surface area contributed by atoms with E-state index in [1.165, 1.54) is 11.8 Å². The van der Waals surface area contributed by atoms with Crippen molar-refractivity contribution in [3.05, 3.63) is 18.2 Å². The Kier molecular flexibility index (Phi) is 5.09. The molecular weight excluding hydrogens is 264 g/mol. The maximum atomic E-state index is 11.8. The molecule has 0 bridgehead atoms. The molecule has 0 spiro atoms. The second-order valence-corrected chi connectivity index (χ2v) is 5.04. The molecule has 0 aliphatic carbocycles. The van der Waals surface area contributed by atoms with Gasteiger partial charge in [-0.3, -0.25) is 4.79 Å².